The van der Waals surface area contributed by atoms with Crippen LogP contribution in [-0.2, 0) is 22.6 Å². The summed E-state index contributed by atoms with van der Waals surface area (Å²) < 4.78 is 0. The molecule has 7 nitrogen and oxygen atoms in total. The summed E-state index contributed by atoms with van der Waals surface area (Å²) in [4.78, 5) is 29.8. The number of halogens is 1. The zero-order valence-electron chi connectivity index (χ0n) is 17.6. The van der Waals surface area contributed by atoms with Gasteiger partial charge in [0.05, 0.1) is 6.04 Å². The molecule has 0 saturated heterocycles. The van der Waals surface area contributed by atoms with Crippen LogP contribution in [0.1, 0.15) is 31.4 Å². The lowest BCUT2D eigenvalue weighted by atomic mass is 9.97. The summed E-state index contributed by atoms with van der Waals surface area (Å²) in [5.41, 5.74) is 7.28. The van der Waals surface area contributed by atoms with Crippen LogP contribution in [-0.4, -0.2) is 35.9 Å². The van der Waals surface area contributed by atoms with Crippen LogP contribution in [0.3, 0.4) is 0 Å². The number of nitrogen functional groups attached to an aromatic ring is 1. The first kappa shape index (κ1) is 23.6. The lowest BCUT2D eigenvalue weighted by molar-refractivity contribution is -0.130. The number of carbonyl (C=O) groups excluding carboxylic acids is 2. The molecule has 1 aromatic carbocycles. The van der Waals surface area contributed by atoms with Gasteiger partial charge in [-0.05, 0) is 42.3 Å². The number of carbonyl (C=O) groups is 2. The molecule has 1 unspecified atom stereocenters. The fourth-order valence-electron chi connectivity index (χ4n) is 3.13. The van der Waals surface area contributed by atoms with Gasteiger partial charge < -0.3 is 21.7 Å². The number of nitrogens with zero attached hydrogens (tertiary/aromatic N) is 1. The number of hydrogen-bond acceptors (Lipinski definition) is 5. The summed E-state index contributed by atoms with van der Waals surface area (Å²) in [5.74, 6) is 0.0624. The van der Waals surface area contributed by atoms with Crippen molar-refractivity contribution in [3.05, 3.63) is 58.7 Å². The summed E-state index contributed by atoms with van der Waals surface area (Å²) in [7, 11) is 1.75. The predicted molar refractivity (Wildman–Crippen MR) is 120 cm³/mol. The zero-order valence-corrected chi connectivity index (χ0v) is 18.4. The first-order valence-corrected chi connectivity index (χ1v) is 10.4. The first-order chi connectivity index (χ1) is 14.3. The van der Waals surface area contributed by atoms with Crippen molar-refractivity contribution in [2.45, 2.75) is 45.3 Å². The van der Waals surface area contributed by atoms with Crippen LogP contribution < -0.4 is 21.7 Å². The zero-order chi connectivity index (χ0) is 22.1. The van der Waals surface area contributed by atoms with Crippen LogP contribution in [0, 0.1) is 5.92 Å². The van der Waals surface area contributed by atoms with Crippen molar-refractivity contribution in [1.82, 2.24) is 20.9 Å². The number of likely N-dealkylation sites (N-methyl/N-ethyl adjacent to an activating group) is 1. The van der Waals surface area contributed by atoms with E-state index in [9.17, 15) is 9.59 Å². The number of benzene rings is 1. The van der Waals surface area contributed by atoms with Gasteiger partial charge in [0.25, 0.3) is 0 Å². The average Bonchev–Trinajstić information content (AvgIpc) is 2.73. The number of rotatable bonds is 10. The monoisotopic (exact) mass is 431 g/mol. The van der Waals surface area contributed by atoms with E-state index in [2.05, 4.69) is 20.9 Å². The van der Waals surface area contributed by atoms with Crippen molar-refractivity contribution >= 4 is 29.2 Å². The minimum atomic E-state index is -0.738. The predicted octanol–water partition coefficient (Wildman–Crippen LogP) is 2.29. The van der Waals surface area contributed by atoms with Crippen LogP contribution in [0.2, 0.25) is 5.02 Å². The van der Waals surface area contributed by atoms with Gasteiger partial charge in [-0.3, -0.25) is 9.59 Å². The molecule has 0 aliphatic rings. The molecule has 0 aliphatic heterocycles. The maximum Gasteiger partial charge on any atom is 0.243 e. The van der Waals surface area contributed by atoms with Gasteiger partial charge in [0.15, 0.2) is 0 Å². The maximum absolute atomic E-state index is 12.9. The lowest BCUT2D eigenvalue weighted by Gasteiger charge is -2.25. The SMILES string of the molecule is CCC(C)[C@@H](NC)C(=O)N[C@@H](Cc1cccc(Cl)c1)C(=O)NCc1ccc(N)nc1. The molecule has 0 saturated carbocycles. The molecule has 1 aromatic heterocycles. The summed E-state index contributed by atoms with van der Waals surface area (Å²) in [5, 5.41) is 9.41. The highest BCUT2D eigenvalue weighted by Gasteiger charge is 2.27. The highest BCUT2D eigenvalue weighted by atomic mass is 35.5. The second kappa shape index (κ2) is 11.5. The number of hydrogen-bond donors (Lipinski definition) is 4. The standard InChI is InChI=1S/C22H30ClN5O2/c1-4-14(2)20(25-3)22(30)28-18(11-15-6-5-7-17(23)10-15)21(29)27-13-16-8-9-19(24)26-12-16/h5-10,12,14,18,20,25H,4,11,13H2,1-3H3,(H2,24,26)(H,27,29)(H,28,30)/t14?,18-,20+/m0/s1. The molecule has 162 valence electrons. The summed E-state index contributed by atoms with van der Waals surface area (Å²) in [6.45, 7) is 4.31. The lowest BCUT2D eigenvalue weighted by Crippen LogP contribution is -2.54. The molecule has 5 N–H and O–H groups in total. The molecular formula is C22H30ClN5O2. The van der Waals surface area contributed by atoms with Crippen molar-refractivity contribution in [3.8, 4) is 0 Å². The third-order valence-corrected chi connectivity index (χ3v) is 5.32. The third kappa shape index (κ3) is 7.00. The molecule has 0 radical (unpaired) electrons. The summed E-state index contributed by atoms with van der Waals surface area (Å²) in [6, 6.07) is 9.62. The number of anilines is 1. The Balaban J connectivity index is 2.13. The Labute approximate surface area is 182 Å². The van der Waals surface area contributed by atoms with Gasteiger partial charge >= 0.3 is 0 Å². The largest absolute Gasteiger partial charge is 0.384 e. The minimum absolute atomic E-state index is 0.130. The molecule has 0 aliphatic carbocycles. The smallest absolute Gasteiger partial charge is 0.243 e. The quantitative estimate of drug-likeness (QED) is 0.461. The van der Waals surface area contributed by atoms with E-state index in [0.717, 1.165) is 17.5 Å². The van der Waals surface area contributed by atoms with Crippen LogP contribution in [0.15, 0.2) is 42.6 Å². The van der Waals surface area contributed by atoms with E-state index in [4.69, 9.17) is 17.3 Å². The van der Waals surface area contributed by atoms with E-state index in [0.29, 0.717) is 17.3 Å². The van der Waals surface area contributed by atoms with Crippen LogP contribution in [0.25, 0.3) is 0 Å². The molecule has 0 bridgehead atoms. The topological polar surface area (TPSA) is 109 Å². The highest BCUT2D eigenvalue weighted by Crippen LogP contribution is 2.14. The molecule has 0 fully saturated rings. The van der Waals surface area contributed by atoms with Crippen LogP contribution in [0.4, 0.5) is 5.82 Å². The fraction of sp³-hybridized carbons (Fsp3) is 0.409. The van der Waals surface area contributed by atoms with Gasteiger partial charge in [-0.2, -0.15) is 0 Å². The van der Waals surface area contributed by atoms with E-state index in [1.165, 1.54) is 0 Å². The van der Waals surface area contributed by atoms with Crippen molar-refractivity contribution in [2.24, 2.45) is 5.92 Å². The molecule has 2 rings (SSSR count). The molecule has 2 amide bonds. The van der Waals surface area contributed by atoms with Gasteiger partial charge in [-0.15, -0.1) is 0 Å². The Morgan fingerprint density at radius 1 is 1.17 bits per heavy atom. The van der Waals surface area contributed by atoms with E-state index >= 15 is 0 Å². The first-order valence-electron chi connectivity index (χ1n) is 10.0. The number of nitrogens with two attached hydrogens (primary N) is 1. The average molecular weight is 432 g/mol. The van der Waals surface area contributed by atoms with Gasteiger partial charge in [0.2, 0.25) is 11.8 Å². The maximum atomic E-state index is 12.9. The van der Waals surface area contributed by atoms with Gasteiger partial charge in [-0.1, -0.05) is 50.1 Å². The van der Waals surface area contributed by atoms with Crippen molar-refractivity contribution < 1.29 is 9.59 Å². The fourth-order valence-corrected chi connectivity index (χ4v) is 3.35. The molecule has 30 heavy (non-hydrogen) atoms. The molecule has 0 spiro atoms. The molecule has 1 heterocycles. The van der Waals surface area contributed by atoms with Gasteiger partial charge in [0, 0.05) is 24.2 Å². The molecule has 3 atom stereocenters. The normalized spacial score (nSPS) is 13.9. The van der Waals surface area contributed by atoms with E-state index in [1.54, 1.807) is 37.5 Å². The van der Waals surface area contributed by atoms with E-state index in [1.807, 2.05) is 26.0 Å². The third-order valence-electron chi connectivity index (χ3n) is 5.08. The summed E-state index contributed by atoms with van der Waals surface area (Å²) in [6.07, 6.45) is 2.78. The Bertz CT molecular complexity index is 844. The molecular weight excluding hydrogens is 402 g/mol. The molecule has 2 aromatic rings. The van der Waals surface area contributed by atoms with E-state index in [-0.39, 0.29) is 30.3 Å². The number of nitrogens with one attached hydrogen (secondary N) is 3. The van der Waals surface area contributed by atoms with E-state index < -0.39 is 6.04 Å². The highest BCUT2D eigenvalue weighted by molar-refractivity contribution is 6.30. The number of aromatic nitrogens is 1. The number of pyridine rings is 1. The van der Waals surface area contributed by atoms with Gasteiger partial charge in [-0.25, -0.2) is 4.98 Å². The van der Waals surface area contributed by atoms with Crippen molar-refractivity contribution in [2.75, 3.05) is 12.8 Å². The Morgan fingerprint density at radius 2 is 1.93 bits per heavy atom. The van der Waals surface area contributed by atoms with Crippen molar-refractivity contribution in [3.63, 3.8) is 0 Å². The Hall–Kier alpha value is -2.64. The summed E-state index contributed by atoms with van der Waals surface area (Å²) >= 11 is 6.09. The Kier molecular flexibility index (Phi) is 9.08. The van der Waals surface area contributed by atoms with Crippen molar-refractivity contribution in [1.29, 1.82) is 0 Å². The Morgan fingerprint density at radius 3 is 2.53 bits per heavy atom. The molecule has 8 heteroatoms. The van der Waals surface area contributed by atoms with Crippen LogP contribution >= 0.6 is 11.6 Å². The second-order valence-electron chi connectivity index (χ2n) is 7.36. The van der Waals surface area contributed by atoms with Gasteiger partial charge in [0.1, 0.15) is 11.9 Å². The minimum Gasteiger partial charge on any atom is -0.384 e. The van der Waals surface area contributed by atoms with Crippen LogP contribution in [0.5, 0.6) is 0 Å². The number of amides is 2. The second-order valence-corrected chi connectivity index (χ2v) is 7.79.